The average molecular weight is 294 g/mol. The van der Waals surface area contributed by atoms with Crippen molar-refractivity contribution in [1.82, 2.24) is 4.90 Å². The van der Waals surface area contributed by atoms with Crippen molar-refractivity contribution in [3.05, 3.63) is 29.8 Å². The van der Waals surface area contributed by atoms with Crippen molar-refractivity contribution in [2.75, 3.05) is 26.2 Å². The molecule has 0 atom stereocenters. The Morgan fingerprint density at radius 1 is 1.30 bits per heavy atom. The van der Waals surface area contributed by atoms with Crippen LogP contribution in [0.15, 0.2) is 24.3 Å². The number of nitrogens with zero attached hydrogens (tertiary/aromatic N) is 1. The molecule has 0 unspecified atom stereocenters. The maximum absolute atomic E-state index is 9.44. The van der Waals surface area contributed by atoms with E-state index in [0.717, 1.165) is 50.2 Å². The number of piperidine rings is 1. The first-order valence-electron chi connectivity index (χ1n) is 7.08. The smallest absolute Gasteiger partial charge is 0.119 e. The van der Waals surface area contributed by atoms with E-state index in [4.69, 9.17) is 22.7 Å². The lowest BCUT2D eigenvalue weighted by atomic mass is 10.1. The highest BCUT2D eigenvalue weighted by atomic mass is 32.1. The molecule has 2 rings (SSSR count). The number of aliphatic hydroxyl groups is 1. The molecular formula is C15H22N2O2S. The van der Waals surface area contributed by atoms with Crippen molar-refractivity contribution < 1.29 is 9.84 Å². The Morgan fingerprint density at radius 2 is 1.95 bits per heavy atom. The van der Waals surface area contributed by atoms with Crippen LogP contribution in [0.2, 0.25) is 0 Å². The van der Waals surface area contributed by atoms with Crippen LogP contribution in [0.1, 0.15) is 24.8 Å². The van der Waals surface area contributed by atoms with Gasteiger partial charge in [-0.3, -0.25) is 0 Å². The number of aliphatic hydroxyl groups excluding tert-OH is 1. The highest BCUT2D eigenvalue weighted by molar-refractivity contribution is 7.80. The second kappa shape index (κ2) is 7.57. The normalized spacial score (nSPS) is 17.1. The van der Waals surface area contributed by atoms with Crippen LogP contribution in [0, 0.1) is 0 Å². The maximum Gasteiger partial charge on any atom is 0.119 e. The molecule has 1 fully saturated rings. The number of benzene rings is 1. The molecule has 0 spiro atoms. The highest BCUT2D eigenvalue weighted by Crippen LogP contribution is 2.13. The van der Waals surface area contributed by atoms with Crippen molar-refractivity contribution in [2.45, 2.75) is 25.4 Å². The van der Waals surface area contributed by atoms with Crippen LogP contribution < -0.4 is 10.5 Å². The zero-order valence-corrected chi connectivity index (χ0v) is 12.4. The van der Waals surface area contributed by atoms with Gasteiger partial charge in [0.05, 0.1) is 12.7 Å². The molecule has 110 valence electrons. The van der Waals surface area contributed by atoms with E-state index in [1.165, 1.54) is 0 Å². The summed E-state index contributed by atoms with van der Waals surface area (Å²) in [4.78, 5) is 2.79. The zero-order chi connectivity index (χ0) is 14.4. The summed E-state index contributed by atoms with van der Waals surface area (Å²) < 4.78 is 5.69. The summed E-state index contributed by atoms with van der Waals surface area (Å²) in [5.74, 6) is 0.846. The largest absolute Gasteiger partial charge is 0.494 e. The van der Waals surface area contributed by atoms with Gasteiger partial charge in [-0.1, -0.05) is 12.2 Å². The molecule has 1 aliphatic heterocycles. The molecule has 1 heterocycles. The third kappa shape index (κ3) is 4.74. The van der Waals surface area contributed by atoms with E-state index in [9.17, 15) is 5.11 Å². The fourth-order valence-corrected chi connectivity index (χ4v) is 2.47. The Labute approximate surface area is 125 Å². The molecule has 3 N–H and O–H groups in total. The molecule has 1 aromatic rings. The predicted octanol–water partition coefficient (Wildman–Crippen LogP) is 1.55. The van der Waals surface area contributed by atoms with Gasteiger partial charge in [0.1, 0.15) is 10.7 Å². The molecule has 1 aliphatic rings. The number of rotatable bonds is 6. The summed E-state index contributed by atoms with van der Waals surface area (Å²) in [6, 6.07) is 7.55. The van der Waals surface area contributed by atoms with E-state index in [1.54, 1.807) is 0 Å². The Kier molecular flexibility index (Phi) is 5.76. The standard InChI is InChI=1S/C15H22N2O2S/c16-15(20)12-2-4-14(5-3-12)19-11-1-8-17-9-6-13(18)7-10-17/h2-5,13,18H,1,6-11H2,(H2,16,20). The van der Waals surface area contributed by atoms with Crippen molar-refractivity contribution >= 4 is 17.2 Å². The molecule has 0 radical (unpaired) electrons. The first-order valence-corrected chi connectivity index (χ1v) is 7.49. The summed E-state index contributed by atoms with van der Waals surface area (Å²) >= 11 is 4.91. The van der Waals surface area contributed by atoms with E-state index < -0.39 is 0 Å². The summed E-state index contributed by atoms with van der Waals surface area (Å²) in [5, 5.41) is 9.44. The lowest BCUT2D eigenvalue weighted by molar-refractivity contribution is 0.0800. The molecule has 0 aliphatic carbocycles. The fraction of sp³-hybridized carbons (Fsp3) is 0.533. The Hall–Kier alpha value is -1.17. The van der Waals surface area contributed by atoms with Crippen molar-refractivity contribution in [1.29, 1.82) is 0 Å². The monoisotopic (exact) mass is 294 g/mol. The van der Waals surface area contributed by atoms with Gasteiger partial charge in [0, 0.05) is 25.2 Å². The van der Waals surface area contributed by atoms with Gasteiger partial charge in [-0.25, -0.2) is 0 Å². The van der Waals surface area contributed by atoms with Gasteiger partial charge in [-0.15, -0.1) is 0 Å². The third-order valence-corrected chi connectivity index (χ3v) is 3.82. The first-order chi connectivity index (χ1) is 9.65. The van der Waals surface area contributed by atoms with E-state index in [1.807, 2.05) is 24.3 Å². The minimum atomic E-state index is -0.102. The number of nitrogens with two attached hydrogens (primary N) is 1. The first kappa shape index (κ1) is 15.2. The van der Waals surface area contributed by atoms with Gasteiger partial charge >= 0.3 is 0 Å². The average Bonchev–Trinajstić information content (AvgIpc) is 2.46. The van der Waals surface area contributed by atoms with Crippen molar-refractivity contribution in [3.8, 4) is 5.75 Å². The number of hydrogen-bond donors (Lipinski definition) is 2. The number of hydrogen-bond acceptors (Lipinski definition) is 4. The van der Waals surface area contributed by atoms with Gasteiger partial charge in [0.2, 0.25) is 0 Å². The minimum Gasteiger partial charge on any atom is -0.494 e. The van der Waals surface area contributed by atoms with Gasteiger partial charge < -0.3 is 20.5 Å². The highest BCUT2D eigenvalue weighted by Gasteiger charge is 2.15. The van der Waals surface area contributed by atoms with Gasteiger partial charge in [-0.05, 0) is 43.5 Å². The Balaban J connectivity index is 1.64. The van der Waals surface area contributed by atoms with E-state index in [-0.39, 0.29) is 6.10 Å². The van der Waals surface area contributed by atoms with Crippen LogP contribution in [0.25, 0.3) is 0 Å². The summed E-state index contributed by atoms with van der Waals surface area (Å²) in [7, 11) is 0. The summed E-state index contributed by atoms with van der Waals surface area (Å²) in [6.07, 6.45) is 2.67. The number of ether oxygens (including phenoxy) is 1. The van der Waals surface area contributed by atoms with Crippen LogP contribution in [0.5, 0.6) is 5.75 Å². The van der Waals surface area contributed by atoms with Crippen molar-refractivity contribution in [2.24, 2.45) is 5.73 Å². The molecular weight excluding hydrogens is 272 g/mol. The van der Waals surface area contributed by atoms with Crippen molar-refractivity contribution in [3.63, 3.8) is 0 Å². The molecule has 1 saturated heterocycles. The third-order valence-electron chi connectivity index (χ3n) is 3.58. The van der Waals surface area contributed by atoms with Crippen LogP contribution in [-0.2, 0) is 0 Å². The van der Waals surface area contributed by atoms with Gasteiger partial charge in [-0.2, -0.15) is 0 Å². The lowest BCUT2D eigenvalue weighted by Gasteiger charge is -2.29. The molecule has 1 aromatic carbocycles. The molecule has 0 saturated carbocycles. The SMILES string of the molecule is NC(=S)c1ccc(OCCCN2CCC(O)CC2)cc1. The quantitative estimate of drug-likeness (QED) is 0.616. The van der Waals surface area contributed by atoms with Crippen LogP contribution in [0.3, 0.4) is 0 Å². The van der Waals surface area contributed by atoms with E-state index in [0.29, 0.717) is 11.6 Å². The Morgan fingerprint density at radius 3 is 2.55 bits per heavy atom. The van der Waals surface area contributed by atoms with Gasteiger partial charge in [0.15, 0.2) is 0 Å². The minimum absolute atomic E-state index is 0.102. The van der Waals surface area contributed by atoms with Gasteiger partial charge in [0.25, 0.3) is 0 Å². The topological polar surface area (TPSA) is 58.7 Å². The van der Waals surface area contributed by atoms with Crippen LogP contribution in [0.4, 0.5) is 0 Å². The molecule has 4 nitrogen and oxygen atoms in total. The molecule has 5 heteroatoms. The van der Waals surface area contributed by atoms with E-state index in [2.05, 4.69) is 4.90 Å². The maximum atomic E-state index is 9.44. The number of likely N-dealkylation sites (tertiary alicyclic amines) is 1. The second-order valence-corrected chi connectivity index (χ2v) is 5.60. The molecule has 0 aromatic heterocycles. The summed E-state index contributed by atoms with van der Waals surface area (Å²) in [6.45, 7) is 3.71. The molecule has 20 heavy (non-hydrogen) atoms. The molecule has 0 bridgehead atoms. The van der Waals surface area contributed by atoms with E-state index >= 15 is 0 Å². The predicted molar refractivity (Wildman–Crippen MR) is 84.1 cm³/mol. The van der Waals surface area contributed by atoms with Crippen LogP contribution in [-0.4, -0.2) is 47.3 Å². The zero-order valence-electron chi connectivity index (χ0n) is 11.6. The number of thiocarbonyl (C=S) groups is 1. The summed E-state index contributed by atoms with van der Waals surface area (Å²) in [5.41, 5.74) is 6.41. The van der Waals surface area contributed by atoms with Crippen LogP contribution >= 0.6 is 12.2 Å². The fourth-order valence-electron chi connectivity index (χ4n) is 2.34. The Bertz CT molecular complexity index is 428. The molecule has 0 amide bonds. The second-order valence-electron chi connectivity index (χ2n) is 5.16. The lowest BCUT2D eigenvalue weighted by Crippen LogP contribution is -2.36.